The molecule has 0 atom stereocenters. The van der Waals surface area contributed by atoms with Crippen molar-refractivity contribution in [3.05, 3.63) is 30.6 Å². The van der Waals surface area contributed by atoms with E-state index >= 15 is 0 Å². The van der Waals surface area contributed by atoms with Crippen molar-refractivity contribution in [3.63, 3.8) is 0 Å². The molecule has 0 aliphatic rings. The van der Waals surface area contributed by atoms with Crippen LogP contribution in [0.25, 0.3) is 5.95 Å². The Bertz CT molecular complexity index is 379. The third-order valence-electron chi connectivity index (χ3n) is 1.75. The first-order valence-electron chi connectivity index (χ1n) is 4.26. The summed E-state index contributed by atoms with van der Waals surface area (Å²) in [6.07, 6.45) is 7.28. The molecule has 2 N–H and O–H groups in total. The van der Waals surface area contributed by atoms with Gasteiger partial charge in [0.25, 0.3) is 5.95 Å². The Hall–Kier alpha value is -1.82. The maximum atomic E-state index is 5.41. The van der Waals surface area contributed by atoms with Crippen molar-refractivity contribution < 1.29 is 0 Å². The average Bonchev–Trinajstić information content (AvgIpc) is 2.72. The Morgan fingerprint density at radius 3 is 2.64 bits per heavy atom. The third-order valence-corrected chi connectivity index (χ3v) is 1.75. The molecule has 0 spiro atoms. The highest BCUT2D eigenvalue weighted by Gasteiger charge is 1.99. The second-order valence-electron chi connectivity index (χ2n) is 2.77. The van der Waals surface area contributed by atoms with E-state index in [0.717, 1.165) is 12.0 Å². The van der Waals surface area contributed by atoms with Gasteiger partial charge in [0.05, 0.1) is 0 Å². The summed E-state index contributed by atoms with van der Waals surface area (Å²) in [7, 11) is 0. The van der Waals surface area contributed by atoms with Crippen molar-refractivity contribution in [2.45, 2.75) is 6.42 Å². The molecule has 72 valence electrons. The van der Waals surface area contributed by atoms with Crippen LogP contribution in [-0.4, -0.2) is 31.3 Å². The van der Waals surface area contributed by atoms with Crippen LogP contribution in [0.1, 0.15) is 5.56 Å². The number of rotatable bonds is 3. The predicted octanol–water partition coefficient (Wildman–Crippen LogP) is -0.442. The van der Waals surface area contributed by atoms with E-state index in [4.69, 9.17) is 5.73 Å². The fourth-order valence-corrected chi connectivity index (χ4v) is 1.07. The van der Waals surface area contributed by atoms with Crippen LogP contribution in [0.5, 0.6) is 0 Å². The minimum absolute atomic E-state index is 0.517. The Labute approximate surface area is 80.8 Å². The van der Waals surface area contributed by atoms with E-state index in [0.29, 0.717) is 12.5 Å². The van der Waals surface area contributed by atoms with Gasteiger partial charge in [-0.25, -0.2) is 15.0 Å². The van der Waals surface area contributed by atoms with E-state index in [-0.39, 0.29) is 0 Å². The number of aromatic nitrogens is 5. The number of hydrogen-bond acceptors (Lipinski definition) is 5. The second-order valence-corrected chi connectivity index (χ2v) is 2.77. The third kappa shape index (κ3) is 1.74. The lowest BCUT2D eigenvalue weighted by Crippen LogP contribution is -2.06. The van der Waals surface area contributed by atoms with Crippen LogP contribution < -0.4 is 5.73 Å². The lowest BCUT2D eigenvalue weighted by Gasteiger charge is -1.99. The molecule has 14 heavy (non-hydrogen) atoms. The van der Waals surface area contributed by atoms with Gasteiger partial charge in [0.1, 0.15) is 12.7 Å². The van der Waals surface area contributed by atoms with Gasteiger partial charge in [0.2, 0.25) is 0 Å². The van der Waals surface area contributed by atoms with Crippen molar-refractivity contribution in [2.75, 3.05) is 6.54 Å². The van der Waals surface area contributed by atoms with Crippen molar-refractivity contribution >= 4 is 0 Å². The molecule has 2 heterocycles. The summed E-state index contributed by atoms with van der Waals surface area (Å²) in [5, 5.41) is 3.92. The van der Waals surface area contributed by atoms with Crippen molar-refractivity contribution in [1.29, 1.82) is 0 Å². The van der Waals surface area contributed by atoms with Crippen LogP contribution in [-0.2, 0) is 6.42 Å². The molecular formula is C8H10N6. The first-order chi connectivity index (χ1) is 6.90. The van der Waals surface area contributed by atoms with Gasteiger partial charge in [-0.15, -0.1) is 0 Å². The lowest BCUT2D eigenvalue weighted by atomic mass is 10.2. The quantitative estimate of drug-likeness (QED) is 0.709. The van der Waals surface area contributed by atoms with E-state index in [1.165, 1.54) is 11.0 Å². The minimum Gasteiger partial charge on any atom is -0.330 e. The Kier molecular flexibility index (Phi) is 2.46. The number of nitrogens with two attached hydrogens (primary N) is 1. The van der Waals surface area contributed by atoms with Crippen LogP contribution in [0.15, 0.2) is 25.0 Å². The molecule has 0 aliphatic carbocycles. The molecule has 2 aromatic heterocycles. The molecule has 0 amide bonds. The molecule has 0 fully saturated rings. The largest absolute Gasteiger partial charge is 0.330 e. The molecule has 0 saturated carbocycles. The van der Waals surface area contributed by atoms with Crippen molar-refractivity contribution in [2.24, 2.45) is 5.73 Å². The van der Waals surface area contributed by atoms with Crippen LogP contribution >= 0.6 is 0 Å². The first-order valence-corrected chi connectivity index (χ1v) is 4.26. The van der Waals surface area contributed by atoms with Gasteiger partial charge in [0, 0.05) is 12.4 Å². The molecular weight excluding hydrogens is 180 g/mol. The van der Waals surface area contributed by atoms with Gasteiger partial charge >= 0.3 is 0 Å². The zero-order valence-electron chi connectivity index (χ0n) is 7.54. The highest BCUT2D eigenvalue weighted by atomic mass is 15.4. The molecule has 6 heteroatoms. The summed E-state index contributed by atoms with van der Waals surface area (Å²) in [5.74, 6) is 0.517. The maximum absolute atomic E-state index is 5.41. The summed E-state index contributed by atoms with van der Waals surface area (Å²) >= 11 is 0. The topological polar surface area (TPSA) is 82.5 Å². The maximum Gasteiger partial charge on any atom is 0.251 e. The van der Waals surface area contributed by atoms with Gasteiger partial charge in [0.15, 0.2) is 0 Å². The zero-order chi connectivity index (χ0) is 9.80. The van der Waals surface area contributed by atoms with E-state index in [1.54, 1.807) is 18.7 Å². The Morgan fingerprint density at radius 2 is 2.07 bits per heavy atom. The van der Waals surface area contributed by atoms with Gasteiger partial charge < -0.3 is 5.73 Å². The summed E-state index contributed by atoms with van der Waals surface area (Å²) in [4.78, 5) is 12.1. The predicted molar refractivity (Wildman–Crippen MR) is 49.7 cm³/mol. The average molecular weight is 190 g/mol. The van der Waals surface area contributed by atoms with Crippen molar-refractivity contribution in [1.82, 2.24) is 24.7 Å². The molecule has 0 unspecified atom stereocenters. The molecule has 0 saturated heterocycles. The fourth-order valence-electron chi connectivity index (χ4n) is 1.07. The van der Waals surface area contributed by atoms with E-state index in [2.05, 4.69) is 20.1 Å². The normalized spacial score (nSPS) is 10.4. The van der Waals surface area contributed by atoms with Crippen LogP contribution in [0.4, 0.5) is 0 Å². The van der Waals surface area contributed by atoms with Crippen LogP contribution in [0.2, 0.25) is 0 Å². The Morgan fingerprint density at radius 1 is 1.29 bits per heavy atom. The van der Waals surface area contributed by atoms with Gasteiger partial charge in [-0.3, -0.25) is 0 Å². The van der Waals surface area contributed by atoms with Gasteiger partial charge in [-0.05, 0) is 18.5 Å². The SMILES string of the molecule is NCCc1cnc(-n2cncn2)nc1. The molecule has 6 nitrogen and oxygen atoms in total. The second kappa shape index (κ2) is 3.93. The molecule has 0 aromatic carbocycles. The van der Waals surface area contributed by atoms with E-state index in [1.807, 2.05) is 0 Å². The van der Waals surface area contributed by atoms with Crippen molar-refractivity contribution in [3.8, 4) is 5.95 Å². The van der Waals surface area contributed by atoms with E-state index < -0.39 is 0 Å². The standard InChI is InChI=1S/C8H10N6/c9-2-1-7-3-11-8(12-4-7)14-6-10-5-13-14/h3-6H,1-2,9H2. The lowest BCUT2D eigenvalue weighted by molar-refractivity contribution is 0.797. The summed E-state index contributed by atoms with van der Waals surface area (Å²) in [6.45, 7) is 0.603. The summed E-state index contributed by atoms with van der Waals surface area (Å²) in [5.41, 5.74) is 6.43. The molecule has 0 radical (unpaired) electrons. The molecule has 0 aliphatic heterocycles. The smallest absolute Gasteiger partial charge is 0.251 e. The van der Waals surface area contributed by atoms with E-state index in [9.17, 15) is 0 Å². The monoisotopic (exact) mass is 190 g/mol. The minimum atomic E-state index is 0.517. The molecule has 2 aromatic rings. The Balaban J connectivity index is 2.22. The first kappa shape index (κ1) is 8.76. The number of nitrogens with zero attached hydrogens (tertiary/aromatic N) is 5. The van der Waals surface area contributed by atoms with Gasteiger partial charge in [-0.2, -0.15) is 9.78 Å². The fraction of sp³-hybridized carbons (Fsp3) is 0.250. The molecule has 2 rings (SSSR count). The van der Waals surface area contributed by atoms with Gasteiger partial charge in [-0.1, -0.05) is 0 Å². The molecule has 0 bridgehead atoms. The zero-order valence-corrected chi connectivity index (χ0v) is 7.54. The van der Waals surface area contributed by atoms with Crippen LogP contribution in [0, 0.1) is 0 Å². The summed E-state index contributed by atoms with van der Waals surface area (Å²) < 4.78 is 1.51. The van der Waals surface area contributed by atoms with Crippen LogP contribution in [0.3, 0.4) is 0 Å². The number of hydrogen-bond donors (Lipinski definition) is 1. The summed E-state index contributed by atoms with van der Waals surface area (Å²) in [6, 6.07) is 0. The highest BCUT2D eigenvalue weighted by molar-refractivity contribution is 5.12. The highest BCUT2D eigenvalue weighted by Crippen LogP contribution is 1.99.